The lowest BCUT2D eigenvalue weighted by molar-refractivity contribution is -0.901. The second-order valence-corrected chi connectivity index (χ2v) is 10.5. The summed E-state index contributed by atoms with van der Waals surface area (Å²) in [4.78, 5) is 9.30. The highest BCUT2D eigenvalue weighted by Gasteiger charge is 2.55. The van der Waals surface area contributed by atoms with E-state index in [1.54, 1.807) is 0 Å². The van der Waals surface area contributed by atoms with Crippen molar-refractivity contribution < 1.29 is 27.4 Å². The van der Waals surface area contributed by atoms with Crippen molar-refractivity contribution in [3.05, 3.63) is 0 Å². The van der Waals surface area contributed by atoms with E-state index in [9.17, 15) is 22.9 Å². The molecule has 0 amide bonds. The Bertz CT molecular complexity index is 527. The van der Waals surface area contributed by atoms with Gasteiger partial charge in [-0.15, -0.1) is 0 Å². The highest BCUT2D eigenvalue weighted by molar-refractivity contribution is 7.87. The minimum atomic E-state index is -4.79. The first-order valence-corrected chi connectivity index (χ1v) is 12.4. The molecule has 0 fully saturated rings. The van der Waals surface area contributed by atoms with E-state index in [0.29, 0.717) is 6.42 Å². The predicted molar refractivity (Wildman–Crippen MR) is 112 cm³/mol. The molecular weight excluding hydrogens is 378 g/mol. The first kappa shape index (κ1) is 27.3. The van der Waals surface area contributed by atoms with Gasteiger partial charge in [0.2, 0.25) is 0 Å². The van der Waals surface area contributed by atoms with Crippen LogP contribution in [0.5, 0.6) is 0 Å². The van der Waals surface area contributed by atoms with Crippen LogP contribution in [0.4, 0.5) is 0 Å². The van der Waals surface area contributed by atoms with Gasteiger partial charge in [0.15, 0.2) is 0 Å². The van der Waals surface area contributed by atoms with Gasteiger partial charge in [-0.3, -0.25) is 4.55 Å². The Labute approximate surface area is 173 Å². The second kappa shape index (κ2) is 13.5. The number of carbonyl (C=O) groups excluding carboxylic acids is 1. The van der Waals surface area contributed by atoms with Crippen molar-refractivity contribution in [1.82, 2.24) is 0 Å². The summed E-state index contributed by atoms with van der Waals surface area (Å²) in [5.41, 5.74) is 0. The maximum atomic E-state index is 11.8. The molecule has 0 aromatic carbocycles. The van der Waals surface area contributed by atoms with Crippen molar-refractivity contribution in [2.45, 2.75) is 108 Å². The van der Waals surface area contributed by atoms with Crippen LogP contribution < -0.4 is 5.11 Å². The number of likely N-dealkylation sites (N-methyl/N-ethyl adjacent to an activating group) is 1. The summed E-state index contributed by atoms with van der Waals surface area (Å²) in [7, 11) is -0.436. The standard InChI is InChI=1S/C21H43NO5S/c1-5-6-7-8-9-10-11-12-13-14-15-16-17-18-19-21(20(23)24,22(2,3)4)28(25,26)27/h5-19H2,1-4H3,(H-,23,24,25,26,27). The van der Waals surface area contributed by atoms with Crippen LogP contribution in [0.2, 0.25) is 0 Å². The Morgan fingerprint density at radius 3 is 1.36 bits per heavy atom. The van der Waals surface area contributed by atoms with Gasteiger partial charge >= 0.3 is 10.1 Å². The molecule has 168 valence electrons. The molecule has 6 nitrogen and oxygen atoms in total. The van der Waals surface area contributed by atoms with Crippen LogP contribution in [0.15, 0.2) is 0 Å². The average molecular weight is 422 g/mol. The number of quaternary nitrogens is 1. The molecule has 0 spiro atoms. The fourth-order valence-corrected chi connectivity index (χ4v) is 5.16. The number of carboxylic acids is 1. The third-order valence-electron chi connectivity index (χ3n) is 5.70. The van der Waals surface area contributed by atoms with E-state index in [4.69, 9.17) is 0 Å². The Morgan fingerprint density at radius 1 is 0.786 bits per heavy atom. The molecule has 0 saturated heterocycles. The molecule has 1 N–H and O–H groups in total. The average Bonchev–Trinajstić information content (AvgIpc) is 2.55. The van der Waals surface area contributed by atoms with Crippen LogP contribution in [0, 0.1) is 0 Å². The fraction of sp³-hybridized carbons (Fsp3) is 0.952. The van der Waals surface area contributed by atoms with Crippen molar-refractivity contribution in [2.24, 2.45) is 0 Å². The minimum absolute atomic E-state index is 0.143. The Balaban J connectivity index is 3.98. The summed E-state index contributed by atoms with van der Waals surface area (Å²) in [5.74, 6) is -1.74. The van der Waals surface area contributed by atoms with Crippen LogP contribution in [0.1, 0.15) is 103 Å². The fourth-order valence-electron chi connectivity index (χ4n) is 3.85. The van der Waals surface area contributed by atoms with E-state index in [2.05, 4.69) is 6.92 Å². The van der Waals surface area contributed by atoms with Crippen LogP contribution in [-0.2, 0) is 14.9 Å². The van der Waals surface area contributed by atoms with Gasteiger partial charge < -0.3 is 14.4 Å². The second-order valence-electron chi connectivity index (χ2n) is 8.91. The van der Waals surface area contributed by atoms with E-state index in [0.717, 1.165) is 25.7 Å². The number of hydrogen-bond donors (Lipinski definition) is 1. The zero-order valence-electron chi connectivity index (χ0n) is 18.5. The Hall–Kier alpha value is -0.660. The molecule has 0 aromatic rings. The van der Waals surface area contributed by atoms with E-state index in [1.165, 1.54) is 78.9 Å². The maximum Gasteiger partial charge on any atom is 0.328 e. The van der Waals surface area contributed by atoms with Gasteiger partial charge in [0.25, 0.3) is 4.87 Å². The molecule has 0 aromatic heterocycles. The van der Waals surface area contributed by atoms with Crippen LogP contribution in [-0.4, -0.2) is 49.4 Å². The molecule has 0 bridgehead atoms. The van der Waals surface area contributed by atoms with Gasteiger partial charge in [0.05, 0.1) is 21.1 Å². The molecule has 0 aliphatic rings. The Kier molecular flexibility index (Phi) is 13.2. The summed E-state index contributed by atoms with van der Waals surface area (Å²) in [5, 5.41) is 11.6. The summed E-state index contributed by atoms with van der Waals surface area (Å²) < 4.78 is 32.8. The van der Waals surface area contributed by atoms with Gasteiger partial charge in [0, 0.05) is 6.42 Å². The monoisotopic (exact) mass is 421 g/mol. The third-order valence-corrected chi connectivity index (χ3v) is 7.47. The van der Waals surface area contributed by atoms with Crippen molar-refractivity contribution in [3.8, 4) is 0 Å². The van der Waals surface area contributed by atoms with Crippen LogP contribution >= 0.6 is 0 Å². The Morgan fingerprint density at radius 2 is 1.11 bits per heavy atom. The minimum Gasteiger partial charge on any atom is -0.543 e. The van der Waals surface area contributed by atoms with E-state index >= 15 is 0 Å². The lowest BCUT2D eigenvalue weighted by atomic mass is 10.0. The SMILES string of the molecule is CCCCCCCCCCCCCCCCC(C(=O)[O-])([N+](C)(C)C)S(=O)(=O)O. The molecule has 0 aliphatic carbocycles. The molecule has 28 heavy (non-hydrogen) atoms. The molecule has 1 atom stereocenters. The van der Waals surface area contributed by atoms with Crippen molar-refractivity contribution >= 4 is 16.1 Å². The topological polar surface area (TPSA) is 94.5 Å². The van der Waals surface area contributed by atoms with Gasteiger partial charge in [-0.05, 0) is 6.42 Å². The summed E-state index contributed by atoms with van der Waals surface area (Å²) in [6.07, 6.45) is 16.1. The molecule has 0 aliphatic heterocycles. The number of carbonyl (C=O) groups is 1. The van der Waals surface area contributed by atoms with Gasteiger partial charge in [-0.25, -0.2) is 0 Å². The number of unbranched alkanes of at least 4 members (excludes halogenated alkanes) is 13. The normalized spacial score (nSPS) is 14.8. The first-order chi connectivity index (χ1) is 13.0. The maximum absolute atomic E-state index is 11.8. The highest BCUT2D eigenvalue weighted by atomic mass is 32.2. The van der Waals surface area contributed by atoms with Crippen LogP contribution in [0.25, 0.3) is 0 Å². The summed E-state index contributed by atoms with van der Waals surface area (Å²) in [6, 6.07) is 0. The van der Waals surface area contributed by atoms with E-state index < -0.39 is 25.4 Å². The quantitative estimate of drug-likeness (QED) is 0.206. The lowest BCUT2D eigenvalue weighted by Gasteiger charge is -2.43. The largest absolute Gasteiger partial charge is 0.543 e. The van der Waals surface area contributed by atoms with E-state index in [-0.39, 0.29) is 6.42 Å². The lowest BCUT2D eigenvalue weighted by Crippen LogP contribution is -2.69. The highest BCUT2D eigenvalue weighted by Crippen LogP contribution is 2.31. The summed E-state index contributed by atoms with van der Waals surface area (Å²) >= 11 is 0. The molecule has 0 rings (SSSR count). The molecule has 0 saturated carbocycles. The van der Waals surface area contributed by atoms with Gasteiger partial charge in [0.1, 0.15) is 5.97 Å². The van der Waals surface area contributed by atoms with Crippen molar-refractivity contribution in [2.75, 3.05) is 21.1 Å². The number of nitrogens with zero attached hydrogens (tertiary/aromatic N) is 1. The predicted octanol–water partition coefficient (Wildman–Crippen LogP) is 3.90. The van der Waals surface area contributed by atoms with E-state index in [1.807, 2.05) is 0 Å². The zero-order valence-corrected chi connectivity index (χ0v) is 19.4. The third kappa shape index (κ3) is 9.23. The molecule has 1 unspecified atom stereocenters. The first-order valence-electron chi connectivity index (χ1n) is 11.0. The van der Waals surface area contributed by atoms with Gasteiger partial charge in [-0.2, -0.15) is 8.42 Å². The number of rotatable bonds is 18. The molecule has 7 heteroatoms. The zero-order chi connectivity index (χ0) is 21.7. The number of aliphatic carboxylic acids is 1. The molecule has 0 heterocycles. The van der Waals surface area contributed by atoms with Crippen LogP contribution in [0.3, 0.4) is 0 Å². The number of carboxylic acid groups (broad SMARTS) is 1. The van der Waals surface area contributed by atoms with Crippen molar-refractivity contribution in [1.29, 1.82) is 0 Å². The summed E-state index contributed by atoms with van der Waals surface area (Å²) in [6.45, 7) is 2.23. The smallest absolute Gasteiger partial charge is 0.328 e. The molecule has 0 radical (unpaired) electrons. The van der Waals surface area contributed by atoms with Gasteiger partial charge in [-0.1, -0.05) is 90.4 Å². The molecular formula is C21H43NO5S. The number of hydrogen-bond acceptors (Lipinski definition) is 4. The van der Waals surface area contributed by atoms with Crippen molar-refractivity contribution in [3.63, 3.8) is 0 Å².